The molecule has 0 aliphatic rings. The molecule has 6 heteroatoms. The molecule has 1 aromatic heterocycles. The van der Waals surface area contributed by atoms with Gasteiger partial charge < -0.3 is 20.6 Å². The van der Waals surface area contributed by atoms with Crippen molar-refractivity contribution >= 4 is 17.1 Å². The smallest absolute Gasteiger partial charge is 0.320 e. The van der Waals surface area contributed by atoms with Crippen LogP contribution in [0, 0.1) is 6.92 Å². The molecule has 2 aromatic rings. The lowest BCUT2D eigenvalue weighted by molar-refractivity contribution is -0.138. The van der Waals surface area contributed by atoms with Crippen molar-refractivity contribution in [2.24, 2.45) is 5.73 Å². The van der Waals surface area contributed by atoms with Gasteiger partial charge in [-0.3, -0.25) is 4.79 Å². The molecule has 0 saturated carbocycles. The second-order valence-corrected chi connectivity index (χ2v) is 4.45. The molecule has 6 nitrogen and oxygen atoms in total. The molecule has 4 N–H and O–H groups in total. The van der Waals surface area contributed by atoms with Gasteiger partial charge in [-0.2, -0.15) is 0 Å². The highest BCUT2D eigenvalue weighted by atomic mass is 16.4. The van der Waals surface area contributed by atoms with Crippen LogP contribution in [0.4, 0.5) is 0 Å². The van der Waals surface area contributed by atoms with Crippen molar-refractivity contribution in [1.82, 2.24) is 10.3 Å². The molecule has 0 fully saturated rings. The van der Waals surface area contributed by atoms with Gasteiger partial charge in [0.05, 0.1) is 0 Å². The monoisotopic (exact) mass is 263 g/mol. The van der Waals surface area contributed by atoms with Crippen LogP contribution in [0.15, 0.2) is 22.6 Å². The summed E-state index contributed by atoms with van der Waals surface area (Å²) >= 11 is 0. The molecule has 1 heterocycles. The van der Waals surface area contributed by atoms with Crippen LogP contribution < -0.4 is 11.1 Å². The van der Waals surface area contributed by atoms with E-state index in [1.54, 1.807) is 0 Å². The lowest BCUT2D eigenvalue weighted by Crippen LogP contribution is -2.33. The quantitative estimate of drug-likeness (QED) is 0.673. The number of hydrogen-bond donors (Lipinski definition) is 3. The number of benzene rings is 1. The minimum Gasteiger partial charge on any atom is -0.480 e. The van der Waals surface area contributed by atoms with Gasteiger partial charge in [0.2, 0.25) is 0 Å². The van der Waals surface area contributed by atoms with Crippen LogP contribution in [0.1, 0.15) is 17.9 Å². The number of carboxylic acids is 1. The van der Waals surface area contributed by atoms with E-state index in [2.05, 4.69) is 10.3 Å². The van der Waals surface area contributed by atoms with Gasteiger partial charge in [0.15, 0.2) is 11.5 Å². The summed E-state index contributed by atoms with van der Waals surface area (Å²) in [7, 11) is 0. The second kappa shape index (κ2) is 5.81. The van der Waals surface area contributed by atoms with Gasteiger partial charge in [0.25, 0.3) is 0 Å². The van der Waals surface area contributed by atoms with Crippen molar-refractivity contribution in [3.8, 4) is 0 Å². The van der Waals surface area contributed by atoms with E-state index in [-0.39, 0.29) is 0 Å². The zero-order valence-electron chi connectivity index (χ0n) is 10.7. The predicted molar refractivity (Wildman–Crippen MR) is 70.7 cm³/mol. The van der Waals surface area contributed by atoms with Gasteiger partial charge in [-0.25, -0.2) is 4.98 Å². The number of carboxylic acid groups (broad SMARTS) is 1. The minimum absolute atomic E-state index is 0.403. The van der Waals surface area contributed by atoms with Crippen molar-refractivity contribution in [2.75, 3.05) is 6.54 Å². The molecule has 1 unspecified atom stereocenters. The Morgan fingerprint density at radius 3 is 3.11 bits per heavy atom. The van der Waals surface area contributed by atoms with Gasteiger partial charge in [0, 0.05) is 13.5 Å². The topological polar surface area (TPSA) is 101 Å². The number of aromatic nitrogens is 1. The fourth-order valence-corrected chi connectivity index (χ4v) is 1.81. The Labute approximate surface area is 110 Å². The molecule has 0 spiro atoms. The Morgan fingerprint density at radius 1 is 1.58 bits per heavy atom. The van der Waals surface area contributed by atoms with E-state index in [9.17, 15) is 4.79 Å². The first-order valence-corrected chi connectivity index (χ1v) is 6.11. The molecule has 0 aliphatic carbocycles. The van der Waals surface area contributed by atoms with Gasteiger partial charge in [-0.05, 0) is 30.7 Å². The third-order valence-electron chi connectivity index (χ3n) is 2.84. The minimum atomic E-state index is -0.971. The van der Waals surface area contributed by atoms with E-state index in [0.717, 1.165) is 16.7 Å². The predicted octanol–water partition coefficient (Wildman–Crippen LogP) is 1.03. The fourth-order valence-electron chi connectivity index (χ4n) is 1.81. The van der Waals surface area contributed by atoms with E-state index < -0.39 is 12.0 Å². The van der Waals surface area contributed by atoms with E-state index in [4.69, 9.17) is 15.3 Å². The maximum atomic E-state index is 10.5. The molecule has 102 valence electrons. The molecular weight excluding hydrogens is 246 g/mol. The number of carbonyl (C=O) groups is 1. The van der Waals surface area contributed by atoms with Crippen molar-refractivity contribution in [3.05, 3.63) is 29.7 Å². The Hall–Kier alpha value is -1.92. The van der Waals surface area contributed by atoms with E-state index in [1.807, 2.05) is 25.1 Å². The molecule has 0 aliphatic heterocycles. The average Bonchev–Trinajstić information content (AvgIpc) is 2.73. The molecule has 0 radical (unpaired) electrons. The van der Waals surface area contributed by atoms with Crippen molar-refractivity contribution in [2.45, 2.75) is 25.9 Å². The van der Waals surface area contributed by atoms with E-state index in [1.165, 1.54) is 0 Å². The highest BCUT2D eigenvalue weighted by molar-refractivity contribution is 5.73. The highest BCUT2D eigenvalue weighted by Gasteiger charge is 2.10. The summed E-state index contributed by atoms with van der Waals surface area (Å²) in [5.41, 5.74) is 8.09. The molecule has 1 atom stereocenters. The summed E-state index contributed by atoms with van der Waals surface area (Å²) < 4.78 is 5.39. The normalized spacial score (nSPS) is 12.7. The van der Waals surface area contributed by atoms with Crippen LogP contribution in [-0.4, -0.2) is 28.6 Å². The van der Waals surface area contributed by atoms with Gasteiger partial charge >= 0.3 is 5.97 Å². The highest BCUT2D eigenvalue weighted by Crippen LogP contribution is 2.16. The summed E-state index contributed by atoms with van der Waals surface area (Å²) in [6.45, 7) is 3.02. The summed E-state index contributed by atoms with van der Waals surface area (Å²) in [6, 6.07) is 4.98. The lowest BCUT2D eigenvalue weighted by Gasteiger charge is -2.07. The second-order valence-electron chi connectivity index (χ2n) is 4.45. The van der Waals surface area contributed by atoms with E-state index >= 15 is 0 Å². The third kappa shape index (κ3) is 3.52. The molecule has 19 heavy (non-hydrogen) atoms. The van der Waals surface area contributed by atoms with Crippen molar-refractivity contribution in [3.63, 3.8) is 0 Å². The fraction of sp³-hybridized carbons (Fsp3) is 0.385. The molecule has 2 rings (SSSR count). The SMILES string of the molecule is Cc1nc2cc(CNCCC(N)C(=O)O)ccc2o1. The maximum absolute atomic E-state index is 10.5. The summed E-state index contributed by atoms with van der Waals surface area (Å²) in [4.78, 5) is 14.8. The molecular formula is C13H17N3O3. The number of hydrogen-bond acceptors (Lipinski definition) is 5. The molecule has 0 amide bonds. The standard InChI is InChI=1S/C13H17N3O3/c1-8-16-11-6-9(2-3-12(11)19-8)7-15-5-4-10(14)13(17)18/h2-3,6,10,15H,4-5,7,14H2,1H3,(H,17,18). The lowest BCUT2D eigenvalue weighted by atomic mass is 10.2. The Morgan fingerprint density at radius 2 is 2.37 bits per heavy atom. The number of fused-ring (bicyclic) bond motifs is 1. The zero-order valence-corrected chi connectivity index (χ0v) is 10.7. The van der Waals surface area contributed by atoms with Crippen LogP contribution in [0.3, 0.4) is 0 Å². The van der Waals surface area contributed by atoms with Crippen molar-refractivity contribution in [1.29, 1.82) is 0 Å². The van der Waals surface area contributed by atoms with Gasteiger partial charge in [-0.15, -0.1) is 0 Å². The Balaban J connectivity index is 1.86. The van der Waals surface area contributed by atoms with Crippen molar-refractivity contribution < 1.29 is 14.3 Å². The van der Waals surface area contributed by atoms with Crippen LogP contribution in [-0.2, 0) is 11.3 Å². The van der Waals surface area contributed by atoms with Crippen LogP contribution in [0.2, 0.25) is 0 Å². The Bertz CT molecular complexity index is 580. The van der Waals surface area contributed by atoms with Crippen LogP contribution in [0.25, 0.3) is 11.1 Å². The number of aliphatic carboxylic acids is 1. The Kier molecular flexibility index (Phi) is 4.13. The average molecular weight is 263 g/mol. The summed E-state index contributed by atoms with van der Waals surface area (Å²) in [5.74, 6) is -0.325. The number of aryl methyl sites for hydroxylation is 1. The first-order valence-electron chi connectivity index (χ1n) is 6.11. The number of nitrogens with two attached hydrogens (primary N) is 1. The number of nitrogens with zero attached hydrogens (tertiary/aromatic N) is 1. The van der Waals surface area contributed by atoms with Crippen LogP contribution >= 0.6 is 0 Å². The van der Waals surface area contributed by atoms with E-state index in [0.29, 0.717) is 25.4 Å². The third-order valence-corrected chi connectivity index (χ3v) is 2.84. The first-order chi connectivity index (χ1) is 9.06. The first kappa shape index (κ1) is 13.5. The largest absolute Gasteiger partial charge is 0.480 e. The number of rotatable bonds is 6. The number of nitrogens with one attached hydrogen (secondary N) is 1. The summed E-state index contributed by atoms with van der Waals surface area (Å²) in [5, 5.41) is 11.8. The molecule has 0 saturated heterocycles. The van der Waals surface area contributed by atoms with Gasteiger partial charge in [0.1, 0.15) is 11.6 Å². The number of oxazole rings is 1. The van der Waals surface area contributed by atoms with Gasteiger partial charge in [-0.1, -0.05) is 6.07 Å². The van der Waals surface area contributed by atoms with Crippen LogP contribution in [0.5, 0.6) is 0 Å². The molecule has 1 aromatic carbocycles. The summed E-state index contributed by atoms with van der Waals surface area (Å²) in [6.07, 6.45) is 0.403. The maximum Gasteiger partial charge on any atom is 0.320 e. The molecule has 0 bridgehead atoms. The zero-order chi connectivity index (χ0) is 13.8.